The number of carbonyl (C=O) groups excluding carboxylic acids is 1. The second kappa shape index (κ2) is 9.42. The third-order valence-corrected chi connectivity index (χ3v) is 5.72. The minimum absolute atomic E-state index is 0.149. The Morgan fingerprint density at radius 3 is 1.88 bits per heavy atom. The number of aliphatic carboxylic acids is 1. The number of hydrogen-bond donors (Lipinski definition) is 1. The molecule has 0 amide bonds. The second-order valence-electron chi connectivity index (χ2n) is 5.65. The molecule has 2 aromatic carbocycles. The average molecular weight is 359 g/mol. The normalized spacial score (nSPS) is 13.8. The molecule has 0 heterocycles. The lowest BCUT2D eigenvalue weighted by molar-refractivity contribution is -0.140. The first kappa shape index (κ1) is 21.0. The molecular formula is C21H26O3S. The third-order valence-electron chi connectivity index (χ3n) is 4.34. The highest BCUT2D eigenvalue weighted by Gasteiger charge is 2.42. The summed E-state index contributed by atoms with van der Waals surface area (Å²) in [5, 5.41) is 9.42. The van der Waals surface area contributed by atoms with E-state index in [2.05, 4.69) is 0 Å². The number of carboxylic acid groups (broad SMARTS) is 1. The van der Waals surface area contributed by atoms with Gasteiger partial charge in [0.25, 0.3) is 0 Å². The molecule has 2 unspecified atom stereocenters. The molecule has 0 aromatic heterocycles. The summed E-state index contributed by atoms with van der Waals surface area (Å²) in [6.45, 7) is 7.28. The van der Waals surface area contributed by atoms with Crippen LogP contribution < -0.4 is 0 Å². The van der Waals surface area contributed by atoms with Gasteiger partial charge in [-0.2, -0.15) is 0 Å². The standard InChI is InChI=1S/C19H20O3S.C2H6/c1-13(19(2,23-3)18(21)22)17(20)16-11-9-15(10-12-16)14-7-5-4-6-8-14;1-2/h4-13H,1-3H3,(H,21,22);1-2H3. The number of rotatable bonds is 6. The molecule has 0 aliphatic rings. The summed E-state index contributed by atoms with van der Waals surface area (Å²) in [4.78, 5) is 24.1. The Balaban J connectivity index is 0.00000151. The van der Waals surface area contributed by atoms with Crippen LogP contribution in [0.3, 0.4) is 0 Å². The number of benzene rings is 2. The summed E-state index contributed by atoms with van der Waals surface area (Å²) in [5.74, 6) is -1.73. The predicted octanol–water partition coefficient (Wildman–Crippen LogP) is 5.40. The average Bonchev–Trinajstić information content (AvgIpc) is 2.68. The largest absolute Gasteiger partial charge is 0.480 e. The van der Waals surface area contributed by atoms with Gasteiger partial charge in [-0.15, -0.1) is 11.8 Å². The molecule has 134 valence electrons. The summed E-state index contributed by atoms with van der Waals surface area (Å²) < 4.78 is -1.13. The maximum atomic E-state index is 12.6. The van der Waals surface area contributed by atoms with E-state index in [9.17, 15) is 14.7 Å². The quantitative estimate of drug-likeness (QED) is 0.702. The highest BCUT2D eigenvalue weighted by molar-refractivity contribution is 8.00. The predicted molar refractivity (Wildman–Crippen MR) is 106 cm³/mol. The zero-order chi connectivity index (χ0) is 19.0. The van der Waals surface area contributed by atoms with Gasteiger partial charge in [-0.25, -0.2) is 0 Å². The number of carboxylic acids is 1. The molecule has 25 heavy (non-hydrogen) atoms. The van der Waals surface area contributed by atoms with E-state index in [1.807, 2.05) is 56.3 Å². The Morgan fingerprint density at radius 2 is 1.44 bits per heavy atom. The van der Waals surface area contributed by atoms with Crippen molar-refractivity contribution in [1.29, 1.82) is 0 Å². The van der Waals surface area contributed by atoms with Crippen molar-refractivity contribution >= 4 is 23.5 Å². The number of hydrogen-bond acceptors (Lipinski definition) is 3. The van der Waals surface area contributed by atoms with Crippen molar-refractivity contribution in [2.75, 3.05) is 6.26 Å². The van der Waals surface area contributed by atoms with E-state index >= 15 is 0 Å². The van der Waals surface area contributed by atoms with Crippen LogP contribution in [0.2, 0.25) is 0 Å². The second-order valence-corrected chi connectivity index (χ2v) is 6.90. The van der Waals surface area contributed by atoms with Gasteiger partial charge >= 0.3 is 5.97 Å². The number of thioether (sulfide) groups is 1. The van der Waals surface area contributed by atoms with E-state index in [0.29, 0.717) is 5.56 Å². The van der Waals surface area contributed by atoms with E-state index in [1.165, 1.54) is 11.8 Å². The molecule has 0 aliphatic carbocycles. The summed E-state index contributed by atoms with van der Waals surface area (Å²) in [6.07, 6.45) is 1.72. The highest BCUT2D eigenvalue weighted by Crippen LogP contribution is 2.34. The highest BCUT2D eigenvalue weighted by atomic mass is 32.2. The van der Waals surface area contributed by atoms with Crippen LogP contribution in [-0.2, 0) is 4.79 Å². The van der Waals surface area contributed by atoms with Gasteiger partial charge in [0.1, 0.15) is 4.75 Å². The zero-order valence-corrected chi connectivity index (χ0v) is 16.3. The van der Waals surface area contributed by atoms with Crippen LogP contribution in [0.15, 0.2) is 54.6 Å². The van der Waals surface area contributed by atoms with E-state index in [4.69, 9.17) is 0 Å². The van der Waals surface area contributed by atoms with E-state index < -0.39 is 16.6 Å². The molecule has 4 heteroatoms. The van der Waals surface area contributed by atoms with E-state index in [-0.39, 0.29) is 5.78 Å². The Labute approximate surface area is 154 Å². The molecule has 2 aromatic rings. The van der Waals surface area contributed by atoms with Crippen LogP contribution in [0.4, 0.5) is 0 Å². The lowest BCUT2D eigenvalue weighted by Gasteiger charge is -2.28. The Bertz CT molecular complexity index is 695. The van der Waals surface area contributed by atoms with Crippen molar-refractivity contribution in [1.82, 2.24) is 0 Å². The van der Waals surface area contributed by atoms with Crippen LogP contribution in [0, 0.1) is 5.92 Å². The van der Waals surface area contributed by atoms with Crippen LogP contribution >= 0.6 is 11.8 Å². The molecule has 0 fully saturated rings. The van der Waals surface area contributed by atoms with Gasteiger partial charge in [-0.05, 0) is 24.3 Å². The first-order valence-electron chi connectivity index (χ1n) is 8.38. The molecule has 0 radical (unpaired) electrons. The monoisotopic (exact) mass is 358 g/mol. The molecule has 0 bridgehead atoms. The molecule has 2 rings (SSSR count). The first-order chi connectivity index (χ1) is 11.9. The molecule has 3 nitrogen and oxygen atoms in total. The number of ketones is 1. The van der Waals surface area contributed by atoms with Gasteiger partial charge in [0.15, 0.2) is 5.78 Å². The summed E-state index contributed by atoms with van der Waals surface area (Å²) in [7, 11) is 0. The fraction of sp³-hybridized carbons (Fsp3) is 0.333. The first-order valence-corrected chi connectivity index (χ1v) is 9.61. The maximum Gasteiger partial charge on any atom is 0.320 e. The molecule has 0 spiro atoms. The smallest absolute Gasteiger partial charge is 0.320 e. The molecule has 0 saturated heterocycles. The van der Waals surface area contributed by atoms with Crippen molar-refractivity contribution in [2.24, 2.45) is 5.92 Å². The topological polar surface area (TPSA) is 54.4 Å². The Kier molecular flexibility index (Phi) is 7.91. The van der Waals surface area contributed by atoms with Crippen molar-refractivity contribution in [3.8, 4) is 11.1 Å². The van der Waals surface area contributed by atoms with Crippen molar-refractivity contribution in [2.45, 2.75) is 32.4 Å². The fourth-order valence-corrected chi connectivity index (χ4v) is 3.04. The Morgan fingerprint density at radius 1 is 0.960 bits per heavy atom. The molecule has 2 atom stereocenters. The molecule has 0 aliphatic heterocycles. The van der Waals surface area contributed by atoms with Gasteiger partial charge in [0, 0.05) is 11.5 Å². The zero-order valence-electron chi connectivity index (χ0n) is 15.4. The van der Waals surface area contributed by atoms with Crippen molar-refractivity contribution in [3.63, 3.8) is 0 Å². The summed E-state index contributed by atoms with van der Waals surface area (Å²) in [6, 6.07) is 17.2. The van der Waals surface area contributed by atoms with Gasteiger partial charge in [0.2, 0.25) is 0 Å². The summed E-state index contributed by atoms with van der Waals surface area (Å²) >= 11 is 1.19. The van der Waals surface area contributed by atoms with Gasteiger partial charge in [-0.1, -0.05) is 75.4 Å². The van der Waals surface area contributed by atoms with Crippen LogP contribution in [-0.4, -0.2) is 27.9 Å². The van der Waals surface area contributed by atoms with E-state index in [0.717, 1.165) is 11.1 Å². The van der Waals surface area contributed by atoms with Gasteiger partial charge in [-0.3, -0.25) is 9.59 Å². The fourth-order valence-electron chi connectivity index (χ4n) is 2.41. The Hall–Kier alpha value is -2.07. The summed E-state index contributed by atoms with van der Waals surface area (Å²) in [5.41, 5.74) is 2.65. The third kappa shape index (κ3) is 4.73. The van der Waals surface area contributed by atoms with Crippen LogP contribution in [0.1, 0.15) is 38.1 Å². The van der Waals surface area contributed by atoms with Crippen molar-refractivity contribution in [3.05, 3.63) is 60.2 Å². The minimum Gasteiger partial charge on any atom is -0.480 e. The van der Waals surface area contributed by atoms with Crippen LogP contribution in [0.25, 0.3) is 11.1 Å². The SMILES string of the molecule is CC.CSC(C)(C(=O)O)C(C)C(=O)c1ccc(-c2ccccc2)cc1. The van der Waals surface area contributed by atoms with Gasteiger partial charge in [0.05, 0.1) is 0 Å². The van der Waals surface area contributed by atoms with Gasteiger partial charge < -0.3 is 5.11 Å². The van der Waals surface area contributed by atoms with Crippen molar-refractivity contribution < 1.29 is 14.7 Å². The lowest BCUT2D eigenvalue weighted by Crippen LogP contribution is -2.42. The number of Topliss-reactive ketones (excluding diaryl/α,β-unsaturated/α-hetero) is 1. The lowest BCUT2D eigenvalue weighted by atomic mass is 9.87. The van der Waals surface area contributed by atoms with Crippen LogP contribution in [0.5, 0.6) is 0 Å². The maximum absolute atomic E-state index is 12.6. The number of carbonyl (C=O) groups is 2. The molecular weight excluding hydrogens is 332 g/mol. The minimum atomic E-state index is -1.13. The van der Waals surface area contributed by atoms with E-state index in [1.54, 1.807) is 32.2 Å². The molecule has 0 saturated carbocycles. The molecule has 1 N–H and O–H groups in total.